The number of carbonyl (C=O) groups is 3. The van der Waals surface area contributed by atoms with Gasteiger partial charge < -0.3 is 15.2 Å². The molecule has 0 radical (unpaired) electrons. The Morgan fingerprint density at radius 2 is 1.81 bits per heavy atom. The van der Waals surface area contributed by atoms with E-state index in [-0.39, 0.29) is 18.8 Å². The smallest absolute Gasteiger partial charge is 0.326 e. The maximum Gasteiger partial charge on any atom is 0.326 e. The normalized spacial score (nSPS) is 12.0. The number of esters is 1. The zero-order valence-electron chi connectivity index (χ0n) is 9.65. The average Bonchev–Trinajstić information content (AvgIpc) is 2.21. The van der Waals surface area contributed by atoms with E-state index in [1.807, 2.05) is 0 Å². The van der Waals surface area contributed by atoms with Crippen molar-refractivity contribution >= 4 is 17.8 Å². The van der Waals surface area contributed by atoms with Gasteiger partial charge in [0.05, 0.1) is 13.5 Å². The Hall–Kier alpha value is -1.59. The molecule has 0 spiro atoms. The molecule has 92 valence electrons. The number of amides is 1. The molecule has 0 aliphatic rings. The van der Waals surface area contributed by atoms with E-state index in [1.54, 1.807) is 13.8 Å². The van der Waals surface area contributed by atoms with E-state index < -0.39 is 23.9 Å². The molecule has 0 heterocycles. The molecule has 0 aromatic rings. The van der Waals surface area contributed by atoms with Gasteiger partial charge in [0.2, 0.25) is 5.91 Å². The Morgan fingerprint density at radius 1 is 1.25 bits per heavy atom. The molecule has 1 atom stereocenters. The molecular formula is C10H17NO5. The van der Waals surface area contributed by atoms with Gasteiger partial charge in [-0.05, 0) is 5.92 Å². The molecule has 0 saturated carbocycles. The van der Waals surface area contributed by atoms with E-state index >= 15 is 0 Å². The van der Waals surface area contributed by atoms with Crippen LogP contribution in [0, 0.1) is 5.92 Å². The number of methoxy groups -OCH3 is 1. The molecule has 2 N–H and O–H groups in total. The summed E-state index contributed by atoms with van der Waals surface area (Å²) in [5.74, 6) is -2.25. The maximum atomic E-state index is 11.3. The van der Waals surface area contributed by atoms with Crippen LogP contribution in [0.15, 0.2) is 0 Å². The number of aliphatic carboxylic acids is 1. The summed E-state index contributed by atoms with van der Waals surface area (Å²) in [4.78, 5) is 32.8. The summed E-state index contributed by atoms with van der Waals surface area (Å²) >= 11 is 0. The SMILES string of the molecule is COC(=O)CCC(=O)NC(C(=O)O)C(C)C. The number of nitrogens with one attached hydrogen (secondary N) is 1. The minimum absolute atomic E-state index is 0.0488. The van der Waals surface area contributed by atoms with E-state index in [0.29, 0.717) is 0 Å². The first-order valence-corrected chi connectivity index (χ1v) is 4.97. The molecule has 0 rings (SSSR count). The molecule has 16 heavy (non-hydrogen) atoms. The predicted octanol–water partition coefficient (Wildman–Crippen LogP) is 0.165. The molecule has 0 bridgehead atoms. The minimum atomic E-state index is -1.08. The molecule has 0 aliphatic carbocycles. The highest BCUT2D eigenvalue weighted by atomic mass is 16.5. The topological polar surface area (TPSA) is 92.7 Å². The second kappa shape index (κ2) is 6.81. The molecule has 0 fully saturated rings. The van der Waals surface area contributed by atoms with E-state index in [4.69, 9.17) is 5.11 Å². The third-order valence-corrected chi connectivity index (χ3v) is 2.03. The van der Waals surface area contributed by atoms with Crippen LogP contribution in [0.5, 0.6) is 0 Å². The van der Waals surface area contributed by atoms with Gasteiger partial charge in [0.1, 0.15) is 6.04 Å². The minimum Gasteiger partial charge on any atom is -0.480 e. The standard InChI is InChI=1S/C10H17NO5/c1-6(2)9(10(14)15)11-7(12)4-5-8(13)16-3/h6,9H,4-5H2,1-3H3,(H,11,12)(H,14,15). The fraction of sp³-hybridized carbons (Fsp3) is 0.700. The van der Waals surface area contributed by atoms with Gasteiger partial charge in [0, 0.05) is 6.42 Å². The lowest BCUT2D eigenvalue weighted by molar-refractivity contribution is -0.144. The molecule has 0 aliphatic heterocycles. The molecule has 6 nitrogen and oxygen atoms in total. The van der Waals surface area contributed by atoms with Crippen LogP contribution in [0.4, 0.5) is 0 Å². The Balaban J connectivity index is 4.11. The van der Waals surface area contributed by atoms with E-state index in [9.17, 15) is 14.4 Å². The first kappa shape index (κ1) is 14.4. The molecule has 0 saturated heterocycles. The molecule has 1 amide bonds. The summed E-state index contributed by atoms with van der Waals surface area (Å²) in [6.45, 7) is 3.39. The van der Waals surface area contributed by atoms with Crippen LogP contribution < -0.4 is 5.32 Å². The summed E-state index contributed by atoms with van der Waals surface area (Å²) in [6.07, 6.45) is -0.115. The van der Waals surface area contributed by atoms with Gasteiger partial charge >= 0.3 is 11.9 Å². The van der Waals surface area contributed by atoms with Crippen LogP contribution in [0.1, 0.15) is 26.7 Å². The third kappa shape index (κ3) is 5.33. The monoisotopic (exact) mass is 231 g/mol. The van der Waals surface area contributed by atoms with E-state index in [0.717, 1.165) is 0 Å². The lowest BCUT2D eigenvalue weighted by Crippen LogP contribution is -2.44. The van der Waals surface area contributed by atoms with Crippen LogP contribution >= 0.6 is 0 Å². The van der Waals surface area contributed by atoms with Crippen molar-refractivity contribution in [3.63, 3.8) is 0 Å². The lowest BCUT2D eigenvalue weighted by Gasteiger charge is -2.17. The fourth-order valence-corrected chi connectivity index (χ4v) is 1.08. The molecule has 0 aromatic carbocycles. The number of rotatable bonds is 6. The Morgan fingerprint density at radius 3 is 2.19 bits per heavy atom. The van der Waals surface area contributed by atoms with E-state index in [1.165, 1.54) is 7.11 Å². The highest BCUT2D eigenvalue weighted by Gasteiger charge is 2.23. The lowest BCUT2D eigenvalue weighted by atomic mass is 10.0. The van der Waals surface area contributed by atoms with Gasteiger partial charge in [-0.2, -0.15) is 0 Å². The number of ether oxygens (including phenoxy) is 1. The zero-order chi connectivity index (χ0) is 12.7. The van der Waals surface area contributed by atoms with Crippen LogP contribution in [0.3, 0.4) is 0 Å². The summed E-state index contributed by atoms with van der Waals surface area (Å²) in [5, 5.41) is 11.2. The van der Waals surface area contributed by atoms with E-state index in [2.05, 4.69) is 10.1 Å². The predicted molar refractivity (Wildman–Crippen MR) is 55.7 cm³/mol. The summed E-state index contributed by atoms with van der Waals surface area (Å²) in [7, 11) is 1.23. The van der Waals surface area contributed by atoms with Gasteiger partial charge in [-0.25, -0.2) is 4.79 Å². The average molecular weight is 231 g/mol. The van der Waals surface area contributed by atoms with Crippen molar-refractivity contribution in [1.29, 1.82) is 0 Å². The number of carboxylic acid groups (broad SMARTS) is 1. The molecular weight excluding hydrogens is 214 g/mol. The first-order chi connectivity index (χ1) is 7.38. The van der Waals surface area contributed by atoms with Crippen molar-refractivity contribution in [2.45, 2.75) is 32.7 Å². The number of carboxylic acids is 1. The molecule has 1 unspecified atom stereocenters. The van der Waals surface area contributed by atoms with Gasteiger partial charge in [-0.1, -0.05) is 13.8 Å². The summed E-state index contributed by atoms with van der Waals surface area (Å²) < 4.78 is 4.37. The van der Waals surface area contributed by atoms with Gasteiger partial charge in [-0.3, -0.25) is 9.59 Å². The molecule has 0 aromatic heterocycles. The Labute approximate surface area is 94.0 Å². The van der Waals surface area contributed by atoms with Gasteiger partial charge in [0.15, 0.2) is 0 Å². The zero-order valence-corrected chi connectivity index (χ0v) is 9.65. The maximum absolute atomic E-state index is 11.3. The highest BCUT2D eigenvalue weighted by Crippen LogP contribution is 2.02. The fourth-order valence-electron chi connectivity index (χ4n) is 1.08. The number of hydrogen-bond donors (Lipinski definition) is 2. The van der Waals surface area contributed by atoms with Crippen LogP contribution in [-0.4, -0.2) is 36.1 Å². The van der Waals surface area contributed by atoms with Crippen molar-refractivity contribution in [2.75, 3.05) is 7.11 Å². The Kier molecular flexibility index (Phi) is 6.14. The van der Waals surface area contributed by atoms with Crippen molar-refractivity contribution in [1.82, 2.24) is 5.32 Å². The van der Waals surface area contributed by atoms with Crippen molar-refractivity contribution in [3.8, 4) is 0 Å². The second-order valence-electron chi connectivity index (χ2n) is 3.70. The van der Waals surface area contributed by atoms with Crippen LogP contribution in [0.2, 0.25) is 0 Å². The van der Waals surface area contributed by atoms with Crippen molar-refractivity contribution < 1.29 is 24.2 Å². The molecule has 6 heteroatoms. The highest BCUT2D eigenvalue weighted by molar-refractivity contribution is 5.85. The number of hydrogen-bond acceptors (Lipinski definition) is 4. The van der Waals surface area contributed by atoms with Crippen molar-refractivity contribution in [3.05, 3.63) is 0 Å². The summed E-state index contributed by atoms with van der Waals surface area (Å²) in [6, 6.07) is -0.926. The van der Waals surface area contributed by atoms with Gasteiger partial charge in [0.25, 0.3) is 0 Å². The third-order valence-electron chi connectivity index (χ3n) is 2.03. The van der Waals surface area contributed by atoms with Crippen LogP contribution in [0.25, 0.3) is 0 Å². The Bertz CT molecular complexity index is 274. The van der Waals surface area contributed by atoms with Crippen LogP contribution in [-0.2, 0) is 19.1 Å². The van der Waals surface area contributed by atoms with Gasteiger partial charge in [-0.15, -0.1) is 0 Å². The van der Waals surface area contributed by atoms with Crippen molar-refractivity contribution in [2.24, 2.45) is 5.92 Å². The largest absolute Gasteiger partial charge is 0.480 e. The number of carbonyl (C=O) groups excluding carboxylic acids is 2. The quantitative estimate of drug-likeness (QED) is 0.635. The summed E-state index contributed by atoms with van der Waals surface area (Å²) in [5.41, 5.74) is 0. The first-order valence-electron chi connectivity index (χ1n) is 4.97. The second-order valence-corrected chi connectivity index (χ2v) is 3.70.